The lowest BCUT2D eigenvalue weighted by Gasteiger charge is -2.40. The third kappa shape index (κ3) is 4.06. The molecule has 0 amide bonds. The van der Waals surface area contributed by atoms with E-state index < -0.39 is 0 Å². The van der Waals surface area contributed by atoms with Crippen molar-refractivity contribution in [3.05, 3.63) is 0 Å². The molecule has 0 aromatic carbocycles. The molecule has 1 fully saturated rings. The number of hydrogen-bond donors (Lipinski definition) is 1. The van der Waals surface area contributed by atoms with Crippen LogP contribution in [0.4, 0.5) is 0 Å². The van der Waals surface area contributed by atoms with Crippen LogP contribution >= 0.6 is 0 Å². The predicted octanol–water partition coefficient (Wildman–Crippen LogP) is 3.20. The van der Waals surface area contributed by atoms with E-state index in [0.29, 0.717) is 24.0 Å². The summed E-state index contributed by atoms with van der Waals surface area (Å²) < 4.78 is 6.18. The van der Waals surface area contributed by atoms with E-state index in [1.54, 1.807) is 0 Å². The Morgan fingerprint density at radius 2 is 1.94 bits per heavy atom. The highest BCUT2D eigenvalue weighted by Crippen LogP contribution is 2.40. The van der Waals surface area contributed by atoms with Crippen molar-refractivity contribution < 1.29 is 4.74 Å². The zero-order chi connectivity index (χ0) is 12.3. The third-order valence-corrected chi connectivity index (χ3v) is 3.69. The lowest BCUT2D eigenvalue weighted by atomic mass is 9.71. The molecule has 16 heavy (non-hydrogen) atoms. The van der Waals surface area contributed by atoms with Gasteiger partial charge in [0.25, 0.3) is 0 Å². The number of ether oxygens (including phenoxy) is 1. The minimum atomic E-state index is 0.228. The topological polar surface area (TPSA) is 35.2 Å². The van der Waals surface area contributed by atoms with Crippen LogP contribution in [-0.2, 0) is 4.74 Å². The van der Waals surface area contributed by atoms with E-state index in [-0.39, 0.29) is 6.10 Å². The average molecular weight is 227 g/mol. The SMILES string of the molecule is CC1CC(OC(CN)C(C)C)CC(C)(C)C1. The van der Waals surface area contributed by atoms with Crippen LogP contribution in [0.5, 0.6) is 0 Å². The molecule has 0 saturated heterocycles. The second kappa shape index (κ2) is 5.50. The van der Waals surface area contributed by atoms with Gasteiger partial charge in [-0.15, -0.1) is 0 Å². The molecule has 2 nitrogen and oxygen atoms in total. The van der Waals surface area contributed by atoms with Gasteiger partial charge in [0.1, 0.15) is 0 Å². The lowest BCUT2D eigenvalue weighted by molar-refractivity contribution is -0.0770. The van der Waals surface area contributed by atoms with E-state index in [9.17, 15) is 0 Å². The van der Waals surface area contributed by atoms with Gasteiger partial charge in [-0.2, -0.15) is 0 Å². The molecule has 0 heterocycles. The smallest absolute Gasteiger partial charge is 0.0723 e. The quantitative estimate of drug-likeness (QED) is 0.800. The molecule has 1 aliphatic carbocycles. The van der Waals surface area contributed by atoms with Gasteiger partial charge in [0.2, 0.25) is 0 Å². The van der Waals surface area contributed by atoms with Crippen molar-refractivity contribution in [2.45, 2.75) is 66.1 Å². The predicted molar refractivity (Wildman–Crippen MR) is 69.3 cm³/mol. The van der Waals surface area contributed by atoms with Gasteiger partial charge in [-0.3, -0.25) is 0 Å². The second-order valence-electron chi connectivity index (χ2n) is 6.69. The summed E-state index contributed by atoms with van der Waals surface area (Å²) >= 11 is 0. The normalized spacial score (nSPS) is 31.7. The van der Waals surface area contributed by atoms with Crippen molar-refractivity contribution in [3.63, 3.8) is 0 Å². The van der Waals surface area contributed by atoms with Gasteiger partial charge >= 0.3 is 0 Å². The maximum absolute atomic E-state index is 6.18. The van der Waals surface area contributed by atoms with Crippen LogP contribution in [0.15, 0.2) is 0 Å². The summed E-state index contributed by atoms with van der Waals surface area (Å²) in [7, 11) is 0. The van der Waals surface area contributed by atoms with Crippen LogP contribution in [0, 0.1) is 17.3 Å². The van der Waals surface area contributed by atoms with Gasteiger partial charge in [-0.25, -0.2) is 0 Å². The van der Waals surface area contributed by atoms with Crippen LogP contribution in [0.3, 0.4) is 0 Å². The number of rotatable bonds is 4. The van der Waals surface area contributed by atoms with Crippen molar-refractivity contribution in [3.8, 4) is 0 Å². The number of nitrogens with two attached hydrogens (primary N) is 1. The average Bonchev–Trinajstić information content (AvgIpc) is 2.10. The summed E-state index contributed by atoms with van der Waals surface area (Å²) in [5.74, 6) is 1.30. The zero-order valence-corrected chi connectivity index (χ0v) is 11.6. The molecule has 0 spiro atoms. The maximum atomic E-state index is 6.18. The highest BCUT2D eigenvalue weighted by Gasteiger charge is 2.33. The van der Waals surface area contributed by atoms with Crippen molar-refractivity contribution in [1.82, 2.24) is 0 Å². The number of hydrogen-bond acceptors (Lipinski definition) is 2. The Balaban J connectivity index is 2.53. The molecule has 2 heteroatoms. The fourth-order valence-corrected chi connectivity index (χ4v) is 3.09. The Bertz CT molecular complexity index is 213. The van der Waals surface area contributed by atoms with Crippen LogP contribution < -0.4 is 5.73 Å². The first-order valence-electron chi connectivity index (χ1n) is 6.69. The van der Waals surface area contributed by atoms with Crippen LogP contribution in [0.25, 0.3) is 0 Å². The highest BCUT2D eigenvalue weighted by atomic mass is 16.5. The van der Waals surface area contributed by atoms with Crippen molar-refractivity contribution >= 4 is 0 Å². The van der Waals surface area contributed by atoms with E-state index >= 15 is 0 Å². The van der Waals surface area contributed by atoms with Gasteiger partial charge < -0.3 is 10.5 Å². The largest absolute Gasteiger partial charge is 0.373 e. The van der Waals surface area contributed by atoms with Gasteiger partial charge in [-0.05, 0) is 36.5 Å². The highest BCUT2D eigenvalue weighted by molar-refractivity contribution is 4.84. The first kappa shape index (κ1) is 14.0. The van der Waals surface area contributed by atoms with Crippen LogP contribution in [0.2, 0.25) is 0 Å². The molecular formula is C14H29NO. The zero-order valence-electron chi connectivity index (χ0n) is 11.6. The summed E-state index contributed by atoms with van der Waals surface area (Å²) in [5.41, 5.74) is 6.20. The Morgan fingerprint density at radius 1 is 1.31 bits per heavy atom. The van der Waals surface area contributed by atoms with Gasteiger partial charge in [0.05, 0.1) is 12.2 Å². The molecular weight excluding hydrogens is 198 g/mol. The molecule has 3 atom stereocenters. The minimum Gasteiger partial charge on any atom is -0.373 e. The molecule has 1 saturated carbocycles. The molecule has 0 radical (unpaired) electrons. The molecule has 3 unspecified atom stereocenters. The summed E-state index contributed by atoms with van der Waals surface area (Å²) in [6.45, 7) is 12.1. The fraction of sp³-hybridized carbons (Fsp3) is 1.00. The van der Waals surface area contributed by atoms with E-state index in [2.05, 4.69) is 34.6 Å². The van der Waals surface area contributed by atoms with Crippen LogP contribution in [-0.4, -0.2) is 18.8 Å². The maximum Gasteiger partial charge on any atom is 0.0723 e. The van der Waals surface area contributed by atoms with Crippen molar-refractivity contribution in [1.29, 1.82) is 0 Å². The molecule has 2 N–H and O–H groups in total. The Kier molecular flexibility index (Phi) is 4.81. The minimum absolute atomic E-state index is 0.228. The van der Waals surface area contributed by atoms with Crippen molar-refractivity contribution in [2.24, 2.45) is 23.0 Å². The fourth-order valence-electron chi connectivity index (χ4n) is 3.09. The third-order valence-electron chi connectivity index (χ3n) is 3.69. The molecule has 0 aromatic rings. The second-order valence-corrected chi connectivity index (χ2v) is 6.69. The van der Waals surface area contributed by atoms with Crippen LogP contribution in [0.1, 0.15) is 53.9 Å². The monoisotopic (exact) mass is 227 g/mol. The molecule has 1 rings (SSSR count). The first-order valence-corrected chi connectivity index (χ1v) is 6.69. The van der Waals surface area contributed by atoms with E-state index in [0.717, 1.165) is 5.92 Å². The van der Waals surface area contributed by atoms with Gasteiger partial charge in [-0.1, -0.05) is 34.6 Å². The molecule has 0 bridgehead atoms. The van der Waals surface area contributed by atoms with E-state index in [1.165, 1.54) is 19.3 Å². The first-order chi connectivity index (χ1) is 7.34. The summed E-state index contributed by atoms with van der Waals surface area (Å²) in [6, 6.07) is 0. The molecule has 0 aromatic heterocycles. The summed E-state index contributed by atoms with van der Waals surface area (Å²) in [4.78, 5) is 0. The van der Waals surface area contributed by atoms with Gasteiger partial charge in [0.15, 0.2) is 0 Å². The van der Waals surface area contributed by atoms with Gasteiger partial charge in [0, 0.05) is 6.54 Å². The lowest BCUT2D eigenvalue weighted by Crippen LogP contribution is -2.39. The molecule has 1 aliphatic rings. The van der Waals surface area contributed by atoms with Crippen molar-refractivity contribution in [2.75, 3.05) is 6.54 Å². The molecule has 96 valence electrons. The molecule has 0 aliphatic heterocycles. The Hall–Kier alpha value is -0.0800. The Labute approximate surface area is 101 Å². The van der Waals surface area contributed by atoms with E-state index in [4.69, 9.17) is 10.5 Å². The van der Waals surface area contributed by atoms with E-state index in [1.807, 2.05) is 0 Å². The summed E-state index contributed by atoms with van der Waals surface area (Å²) in [6.07, 6.45) is 4.34. The Morgan fingerprint density at radius 3 is 2.38 bits per heavy atom. The standard InChI is InChI=1S/C14H29NO/c1-10(2)13(9-15)16-12-6-11(3)7-14(4,5)8-12/h10-13H,6-9,15H2,1-5H3. The summed E-state index contributed by atoms with van der Waals surface area (Å²) in [5, 5.41) is 0.